The van der Waals surface area contributed by atoms with Crippen LogP contribution in [-0.2, 0) is 0 Å². The fourth-order valence-corrected chi connectivity index (χ4v) is 4.38. The Morgan fingerprint density at radius 3 is 2.73 bits per heavy atom. The predicted molar refractivity (Wildman–Crippen MR) is 106 cm³/mol. The molecule has 3 aliphatic heterocycles. The topological polar surface area (TPSA) is 104 Å². The quantitative estimate of drug-likeness (QED) is 0.538. The number of halogens is 2. The Kier molecular flexibility index (Phi) is 4.47. The first kappa shape index (κ1) is 19.6. The summed E-state index contributed by atoms with van der Waals surface area (Å²) in [6.45, 7) is 1.05. The molecule has 1 aromatic carbocycles. The van der Waals surface area contributed by atoms with E-state index in [0.29, 0.717) is 41.8 Å². The Labute approximate surface area is 174 Å². The van der Waals surface area contributed by atoms with E-state index in [2.05, 4.69) is 15.3 Å². The van der Waals surface area contributed by atoms with Crippen molar-refractivity contribution in [3.05, 3.63) is 23.7 Å². The molecule has 3 aromatic rings. The highest BCUT2D eigenvalue weighted by Crippen LogP contribution is 2.41. The molecule has 6 rings (SSSR count). The zero-order valence-electron chi connectivity index (χ0n) is 16.0. The number of nitrogens with one attached hydrogen (secondary N) is 1. The molecular weight excluding hydrogens is 418 g/mol. The van der Waals surface area contributed by atoms with Crippen LogP contribution in [0.25, 0.3) is 21.7 Å². The van der Waals surface area contributed by atoms with Crippen LogP contribution in [0.3, 0.4) is 0 Å². The maximum atomic E-state index is 14.5. The van der Waals surface area contributed by atoms with Crippen LogP contribution < -0.4 is 15.0 Å². The Morgan fingerprint density at radius 2 is 2.10 bits per heavy atom. The molecule has 3 N–H and O–H groups in total. The van der Waals surface area contributed by atoms with Gasteiger partial charge < -0.3 is 29.6 Å². The third kappa shape index (κ3) is 3.13. The largest absolute Gasteiger partial charge is 0.429 e. The van der Waals surface area contributed by atoms with Crippen LogP contribution in [0.2, 0.25) is 0 Å². The first-order valence-corrected chi connectivity index (χ1v) is 10.4. The summed E-state index contributed by atoms with van der Waals surface area (Å²) in [5.74, 6) is -0.251. The third-order valence-electron chi connectivity index (χ3n) is 5.52. The van der Waals surface area contributed by atoms with Crippen LogP contribution in [0.4, 0.5) is 14.8 Å². The number of rotatable bonds is 6. The number of aromatic nitrogens is 2. The summed E-state index contributed by atoms with van der Waals surface area (Å²) in [6, 6.07) is 3.97. The van der Waals surface area contributed by atoms with Gasteiger partial charge in [-0.3, -0.25) is 0 Å². The highest BCUT2D eigenvalue weighted by Gasteiger charge is 2.52. The lowest BCUT2D eigenvalue weighted by Crippen LogP contribution is -2.67. The van der Waals surface area contributed by atoms with E-state index in [4.69, 9.17) is 14.3 Å². The minimum Gasteiger partial charge on any atom is -0.428 e. The van der Waals surface area contributed by atoms with E-state index < -0.39 is 18.3 Å². The van der Waals surface area contributed by atoms with Crippen molar-refractivity contribution in [1.29, 1.82) is 0 Å². The Hall–Kier alpha value is -2.34. The molecule has 11 heteroatoms. The molecule has 2 aromatic heterocycles. The van der Waals surface area contributed by atoms with Crippen molar-refractivity contribution in [2.45, 2.75) is 37.1 Å². The number of oxazole rings is 1. The molecule has 0 radical (unpaired) electrons. The molecule has 3 saturated heterocycles. The van der Waals surface area contributed by atoms with Crippen molar-refractivity contribution in [3.63, 3.8) is 0 Å². The van der Waals surface area contributed by atoms with Gasteiger partial charge >= 0.3 is 6.11 Å². The number of fused-ring (bicyclic) bond motifs is 3. The van der Waals surface area contributed by atoms with Gasteiger partial charge in [0.25, 0.3) is 6.01 Å². The number of aliphatic hydroxyl groups excluding tert-OH is 1. The van der Waals surface area contributed by atoms with Crippen molar-refractivity contribution < 1.29 is 28.1 Å². The van der Waals surface area contributed by atoms with Gasteiger partial charge in [-0.05, 0) is 25.5 Å². The molecule has 0 saturated carbocycles. The monoisotopic (exact) mass is 438 g/mol. The number of alkyl halides is 2. The lowest BCUT2D eigenvalue weighted by molar-refractivity contribution is -0.290. The SMILES string of the molecule is CC(O)(CO)C(F)(F)Oc1ccc(-c2nccs2)c2oc(N3CC4CC(C3)N4)nc12. The summed E-state index contributed by atoms with van der Waals surface area (Å²) >= 11 is 1.39. The number of ether oxygens (including phenoxy) is 1. The number of hydrogen-bond donors (Lipinski definition) is 3. The zero-order chi connectivity index (χ0) is 21.1. The Balaban J connectivity index is 1.58. The van der Waals surface area contributed by atoms with Gasteiger partial charge in [0.1, 0.15) is 5.01 Å². The van der Waals surface area contributed by atoms with Gasteiger partial charge in [-0.25, -0.2) is 4.98 Å². The number of aliphatic hydroxyl groups is 2. The van der Waals surface area contributed by atoms with Crippen molar-refractivity contribution >= 4 is 28.5 Å². The Morgan fingerprint density at radius 1 is 1.37 bits per heavy atom. The van der Waals surface area contributed by atoms with Crippen LogP contribution in [-0.4, -0.2) is 63.7 Å². The molecule has 30 heavy (non-hydrogen) atoms. The first-order valence-electron chi connectivity index (χ1n) is 9.52. The molecule has 160 valence electrons. The van der Waals surface area contributed by atoms with Crippen LogP contribution in [0.5, 0.6) is 5.75 Å². The first-order chi connectivity index (χ1) is 14.3. The number of piperazine rings is 1. The average molecular weight is 438 g/mol. The lowest BCUT2D eigenvalue weighted by Gasteiger charge is -2.47. The normalized spacial score (nSPS) is 23.3. The molecule has 3 atom stereocenters. The molecule has 3 aliphatic rings. The van der Waals surface area contributed by atoms with Gasteiger partial charge in [0.15, 0.2) is 22.5 Å². The summed E-state index contributed by atoms with van der Waals surface area (Å²) in [7, 11) is 0. The number of hydrogen-bond acceptors (Lipinski definition) is 9. The van der Waals surface area contributed by atoms with Crippen molar-refractivity contribution in [3.8, 4) is 16.3 Å². The van der Waals surface area contributed by atoms with Crippen molar-refractivity contribution in [2.75, 3.05) is 24.6 Å². The molecule has 0 spiro atoms. The standard InChI is InChI=1S/C19H20F2N4O4S/c1-18(27,9-26)19(20,21)29-13-3-2-12(16-22-4-5-30-16)15-14(13)24-17(28-15)25-7-10-6-11(8-25)23-10/h2-5,10-11,23,26-27H,6-9H2,1H3. The fraction of sp³-hybridized carbons (Fsp3) is 0.474. The second kappa shape index (κ2) is 6.84. The van der Waals surface area contributed by atoms with Crippen molar-refractivity contribution in [2.24, 2.45) is 0 Å². The van der Waals surface area contributed by atoms with Crippen LogP contribution in [0.15, 0.2) is 28.1 Å². The van der Waals surface area contributed by atoms with E-state index in [1.165, 1.54) is 17.4 Å². The molecule has 3 fully saturated rings. The molecule has 0 aliphatic carbocycles. The number of nitrogens with zero attached hydrogens (tertiary/aromatic N) is 3. The van der Waals surface area contributed by atoms with E-state index in [1.807, 2.05) is 4.90 Å². The molecular formula is C19H20F2N4O4S. The second-order valence-electron chi connectivity index (χ2n) is 7.87. The summed E-state index contributed by atoms with van der Waals surface area (Å²) in [5, 5.41) is 24.9. The van der Waals surface area contributed by atoms with Gasteiger partial charge in [0.2, 0.25) is 0 Å². The highest BCUT2D eigenvalue weighted by atomic mass is 32.1. The molecule has 2 bridgehead atoms. The number of piperidine rings is 1. The third-order valence-corrected chi connectivity index (χ3v) is 6.33. The van der Waals surface area contributed by atoms with Gasteiger partial charge in [-0.2, -0.15) is 13.8 Å². The number of anilines is 1. The predicted octanol–water partition coefficient (Wildman–Crippen LogP) is 2.22. The summed E-state index contributed by atoms with van der Waals surface area (Å²) in [6.07, 6.45) is -1.31. The van der Waals surface area contributed by atoms with Crippen LogP contribution >= 0.6 is 11.3 Å². The van der Waals surface area contributed by atoms with Gasteiger partial charge in [-0.1, -0.05) is 0 Å². The van der Waals surface area contributed by atoms with Crippen LogP contribution in [0, 0.1) is 0 Å². The maximum Gasteiger partial charge on any atom is 0.429 e. The zero-order valence-corrected chi connectivity index (χ0v) is 16.8. The molecule has 5 heterocycles. The average Bonchev–Trinajstić information content (AvgIpc) is 3.38. The smallest absolute Gasteiger partial charge is 0.428 e. The van der Waals surface area contributed by atoms with E-state index in [9.17, 15) is 13.9 Å². The maximum absolute atomic E-state index is 14.5. The van der Waals surface area contributed by atoms with Gasteiger partial charge in [0.05, 0.1) is 12.2 Å². The number of benzene rings is 1. The van der Waals surface area contributed by atoms with E-state index in [-0.39, 0.29) is 16.8 Å². The van der Waals surface area contributed by atoms with E-state index in [1.54, 1.807) is 17.6 Å². The van der Waals surface area contributed by atoms with E-state index in [0.717, 1.165) is 13.3 Å². The summed E-state index contributed by atoms with van der Waals surface area (Å²) in [5.41, 5.74) is -1.76. The molecule has 0 amide bonds. The van der Waals surface area contributed by atoms with Crippen LogP contribution in [0.1, 0.15) is 13.3 Å². The Bertz CT molecular complexity index is 1060. The minimum absolute atomic E-state index is 0.110. The number of thiazole rings is 1. The van der Waals surface area contributed by atoms with Crippen molar-refractivity contribution in [1.82, 2.24) is 15.3 Å². The highest BCUT2D eigenvalue weighted by molar-refractivity contribution is 7.13. The summed E-state index contributed by atoms with van der Waals surface area (Å²) < 4.78 is 39.9. The minimum atomic E-state index is -4.05. The molecule has 8 nitrogen and oxygen atoms in total. The fourth-order valence-electron chi connectivity index (χ4n) is 3.72. The second-order valence-corrected chi connectivity index (χ2v) is 8.77. The van der Waals surface area contributed by atoms with E-state index >= 15 is 0 Å². The lowest BCUT2D eigenvalue weighted by atomic mass is 9.92. The van der Waals surface area contributed by atoms with Gasteiger partial charge in [-0.15, -0.1) is 11.3 Å². The summed E-state index contributed by atoms with van der Waals surface area (Å²) in [4.78, 5) is 10.7. The molecule has 3 unspecified atom stereocenters. The van der Waals surface area contributed by atoms with Gasteiger partial charge in [0, 0.05) is 36.8 Å².